The van der Waals surface area contributed by atoms with Crippen LogP contribution in [-0.2, 0) is 25.5 Å². The summed E-state index contributed by atoms with van der Waals surface area (Å²) in [6.45, 7) is 3.99. The lowest BCUT2D eigenvalue weighted by molar-refractivity contribution is -0.152. The molecule has 0 saturated heterocycles. The summed E-state index contributed by atoms with van der Waals surface area (Å²) >= 11 is 0. The first-order chi connectivity index (χ1) is 14.5. The molecule has 1 N–H and O–H groups in total. The lowest BCUT2D eigenvalue weighted by Crippen LogP contribution is -2.44. The average molecular weight is 407 g/mol. The number of nitrogens with one attached hydrogen (secondary N) is 1. The van der Waals surface area contributed by atoms with Crippen molar-refractivity contribution in [1.29, 1.82) is 0 Å². The van der Waals surface area contributed by atoms with Crippen molar-refractivity contribution in [1.82, 2.24) is 5.32 Å². The van der Waals surface area contributed by atoms with Gasteiger partial charge in [-0.3, -0.25) is 14.4 Å². The highest BCUT2D eigenvalue weighted by atomic mass is 16.5. The van der Waals surface area contributed by atoms with Crippen molar-refractivity contribution in [2.24, 2.45) is 5.92 Å². The zero-order valence-electron chi connectivity index (χ0n) is 17.1. The summed E-state index contributed by atoms with van der Waals surface area (Å²) in [5, 5.41) is 2.88. The Hall–Kier alpha value is -3.15. The van der Waals surface area contributed by atoms with Crippen LogP contribution in [0.1, 0.15) is 55.4 Å². The lowest BCUT2D eigenvalue weighted by Gasteiger charge is -2.37. The molecule has 1 aliphatic carbocycles. The predicted molar refractivity (Wildman–Crippen MR) is 110 cm³/mol. The monoisotopic (exact) mass is 407 g/mol. The van der Waals surface area contributed by atoms with Gasteiger partial charge in [-0.15, -0.1) is 0 Å². The second-order valence-corrected chi connectivity index (χ2v) is 7.71. The molecule has 2 heterocycles. The Balaban J connectivity index is 1.78. The van der Waals surface area contributed by atoms with Crippen molar-refractivity contribution in [3.05, 3.63) is 70.8 Å². The van der Waals surface area contributed by atoms with Gasteiger partial charge >= 0.3 is 5.97 Å². The zero-order valence-corrected chi connectivity index (χ0v) is 17.1. The first-order valence-electron chi connectivity index (χ1n) is 10.4. The van der Waals surface area contributed by atoms with E-state index in [2.05, 4.69) is 12.2 Å². The third-order valence-electron chi connectivity index (χ3n) is 5.97. The summed E-state index contributed by atoms with van der Waals surface area (Å²) in [5.41, 5.74) is 3.19. The number of carbonyl (C=O) groups excluding carboxylic acids is 3. The van der Waals surface area contributed by atoms with Gasteiger partial charge in [-0.1, -0.05) is 31.2 Å². The molecule has 0 fully saturated rings. The van der Waals surface area contributed by atoms with E-state index in [4.69, 9.17) is 9.15 Å². The van der Waals surface area contributed by atoms with Crippen molar-refractivity contribution < 1.29 is 23.5 Å². The molecule has 1 aromatic carbocycles. The fraction of sp³-hybridized carbons (Fsp3) is 0.375. The number of Topliss-reactive ketones (excluding diaryl/α,β-unsaturated/α-hetero) is 1. The Labute approximate surface area is 175 Å². The van der Waals surface area contributed by atoms with Gasteiger partial charge in [0.25, 0.3) is 0 Å². The summed E-state index contributed by atoms with van der Waals surface area (Å²) in [6, 6.07) is 11.5. The van der Waals surface area contributed by atoms with Crippen molar-refractivity contribution in [2.75, 3.05) is 6.61 Å². The Morgan fingerprint density at radius 2 is 1.90 bits per heavy atom. The fourth-order valence-corrected chi connectivity index (χ4v) is 4.49. The van der Waals surface area contributed by atoms with E-state index in [1.165, 1.54) is 11.8 Å². The van der Waals surface area contributed by atoms with Gasteiger partial charge in [0.05, 0.1) is 12.9 Å². The number of hydrogen-bond donors (Lipinski definition) is 1. The van der Waals surface area contributed by atoms with Crippen LogP contribution in [0.25, 0.3) is 0 Å². The SMILES string of the molecule is CCOC(=O)[C@H]1C(=O)C2=C(C[C@H]1c1ccco1)NC(=O)C[C@H]2c1ccc(CC)cc1. The molecule has 6 heteroatoms. The van der Waals surface area contributed by atoms with E-state index < -0.39 is 17.8 Å². The Bertz CT molecular complexity index is 987. The van der Waals surface area contributed by atoms with Crippen molar-refractivity contribution in [3.63, 3.8) is 0 Å². The molecule has 6 nitrogen and oxygen atoms in total. The van der Waals surface area contributed by atoms with E-state index in [1.54, 1.807) is 19.1 Å². The maximum absolute atomic E-state index is 13.6. The number of allylic oxidation sites excluding steroid dienone is 2. The van der Waals surface area contributed by atoms with Crippen LogP contribution < -0.4 is 5.32 Å². The number of ether oxygens (including phenoxy) is 1. The van der Waals surface area contributed by atoms with Crippen LogP contribution in [0, 0.1) is 5.92 Å². The molecular formula is C24H25NO5. The molecule has 3 atom stereocenters. The zero-order chi connectivity index (χ0) is 21.3. The number of rotatable bonds is 5. The van der Waals surface area contributed by atoms with Crippen LogP contribution in [0.2, 0.25) is 0 Å². The first-order valence-corrected chi connectivity index (χ1v) is 10.4. The number of ketones is 1. The normalized spacial score (nSPS) is 23.7. The van der Waals surface area contributed by atoms with Crippen LogP contribution in [0.3, 0.4) is 0 Å². The second-order valence-electron chi connectivity index (χ2n) is 7.71. The molecule has 0 bridgehead atoms. The quantitative estimate of drug-likeness (QED) is 0.604. The summed E-state index contributed by atoms with van der Waals surface area (Å²) in [4.78, 5) is 38.9. The van der Waals surface area contributed by atoms with Gasteiger partial charge in [-0.05, 0) is 43.0 Å². The van der Waals surface area contributed by atoms with Gasteiger partial charge in [0.15, 0.2) is 5.78 Å². The largest absolute Gasteiger partial charge is 0.469 e. The molecule has 0 saturated carbocycles. The van der Waals surface area contributed by atoms with Gasteiger partial charge in [-0.2, -0.15) is 0 Å². The molecule has 1 amide bonds. The van der Waals surface area contributed by atoms with E-state index in [9.17, 15) is 14.4 Å². The molecule has 0 radical (unpaired) electrons. The van der Waals surface area contributed by atoms with Crippen molar-refractivity contribution in [3.8, 4) is 0 Å². The summed E-state index contributed by atoms with van der Waals surface area (Å²) < 4.78 is 10.8. The standard InChI is InChI=1S/C24H25NO5/c1-3-14-7-9-15(10-8-14)16-13-20(26)25-18-12-17(19-6-5-11-30-19)22(23(27)21(16)18)24(28)29-4-2/h5-11,16-17,22H,3-4,12-13H2,1-2H3,(H,25,26)/t16-,17-,22+/m0/s1. The number of aryl methyl sites for hydroxylation is 1. The molecule has 0 spiro atoms. The van der Waals surface area contributed by atoms with E-state index in [0.717, 1.165) is 12.0 Å². The Morgan fingerprint density at radius 3 is 2.53 bits per heavy atom. The van der Waals surface area contributed by atoms with E-state index in [-0.39, 0.29) is 30.6 Å². The predicted octanol–water partition coefficient (Wildman–Crippen LogP) is 3.64. The number of amides is 1. The molecule has 0 unspecified atom stereocenters. The van der Waals surface area contributed by atoms with Crippen LogP contribution in [-0.4, -0.2) is 24.3 Å². The number of esters is 1. The first kappa shape index (κ1) is 20.1. The highest BCUT2D eigenvalue weighted by molar-refractivity contribution is 6.12. The van der Waals surface area contributed by atoms with Crippen LogP contribution >= 0.6 is 0 Å². The van der Waals surface area contributed by atoms with E-state index in [0.29, 0.717) is 23.5 Å². The van der Waals surface area contributed by atoms with Gasteiger partial charge in [0.1, 0.15) is 11.7 Å². The molecule has 4 rings (SSSR count). The number of carbonyl (C=O) groups is 3. The molecular weight excluding hydrogens is 382 g/mol. The Kier molecular flexibility index (Phi) is 5.57. The van der Waals surface area contributed by atoms with E-state index in [1.807, 2.05) is 24.3 Å². The summed E-state index contributed by atoms with van der Waals surface area (Å²) in [6.07, 6.45) is 2.95. The number of hydrogen-bond acceptors (Lipinski definition) is 5. The maximum Gasteiger partial charge on any atom is 0.317 e. The molecule has 30 heavy (non-hydrogen) atoms. The Morgan fingerprint density at radius 1 is 1.13 bits per heavy atom. The molecule has 2 aliphatic rings. The fourth-order valence-electron chi connectivity index (χ4n) is 4.49. The molecule has 1 aliphatic heterocycles. The maximum atomic E-state index is 13.6. The average Bonchev–Trinajstić information content (AvgIpc) is 3.27. The third kappa shape index (κ3) is 3.58. The number of benzene rings is 1. The van der Waals surface area contributed by atoms with Crippen LogP contribution in [0.15, 0.2) is 58.3 Å². The lowest BCUT2D eigenvalue weighted by atomic mass is 9.69. The summed E-state index contributed by atoms with van der Waals surface area (Å²) in [5.74, 6) is -2.29. The minimum atomic E-state index is -0.984. The highest BCUT2D eigenvalue weighted by Gasteiger charge is 2.48. The smallest absolute Gasteiger partial charge is 0.317 e. The molecule has 156 valence electrons. The van der Waals surface area contributed by atoms with Gasteiger partial charge in [0.2, 0.25) is 5.91 Å². The third-order valence-corrected chi connectivity index (χ3v) is 5.97. The minimum absolute atomic E-state index is 0.126. The molecule has 2 aromatic rings. The minimum Gasteiger partial charge on any atom is -0.469 e. The second kappa shape index (κ2) is 8.30. The topological polar surface area (TPSA) is 85.6 Å². The van der Waals surface area contributed by atoms with Crippen molar-refractivity contribution >= 4 is 17.7 Å². The van der Waals surface area contributed by atoms with Crippen LogP contribution in [0.4, 0.5) is 0 Å². The van der Waals surface area contributed by atoms with E-state index >= 15 is 0 Å². The number of furan rings is 1. The summed E-state index contributed by atoms with van der Waals surface area (Å²) in [7, 11) is 0. The molecule has 1 aromatic heterocycles. The van der Waals surface area contributed by atoms with Crippen LogP contribution in [0.5, 0.6) is 0 Å². The van der Waals surface area contributed by atoms with Gasteiger partial charge < -0.3 is 14.5 Å². The highest BCUT2D eigenvalue weighted by Crippen LogP contribution is 2.45. The van der Waals surface area contributed by atoms with Gasteiger partial charge in [0, 0.05) is 29.5 Å². The van der Waals surface area contributed by atoms with Crippen molar-refractivity contribution in [2.45, 2.75) is 44.9 Å². The van der Waals surface area contributed by atoms with Gasteiger partial charge in [-0.25, -0.2) is 0 Å².